The van der Waals surface area contributed by atoms with Crippen molar-refractivity contribution in [2.75, 3.05) is 18.1 Å². The van der Waals surface area contributed by atoms with E-state index in [1.54, 1.807) is 18.7 Å². The summed E-state index contributed by atoms with van der Waals surface area (Å²) >= 11 is 0. The van der Waals surface area contributed by atoms with Gasteiger partial charge >= 0.3 is 0 Å². The van der Waals surface area contributed by atoms with Crippen molar-refractivity contribution in [3.63, 3.8) is 0 Å². The van der Waals surface area contributed by atoms with Gasteiger partial charge in [-0.15, -0.1) is 0 Å². The number of rotatable bonds is 3. The van der Waals surface area contributed by atoms with E-state index < -0.39 is 21.4 Å². The van der Waals surface area contributed by atoms with E-state index in [2.05, 4.69) is 5.32 Å². The van der Waals surface area contributed by atoms with Gasteiger partial charge in [0.05, 0.1) is 11.5 Å². The minimum Gasteiger partial charge on any atom is -0.340 e. The Morgan fingerprint density at radius 2 is 2.05 bits per heavy atom. The van der Waals surface area contributed by atoms with Crippen molar-refractivity contribution < 1.29 is 18.0 Å². The molecular weight excluding hydrogens is 280 g/mol. The van der Waals surface area contributed by atoms with Crippen LogP contribution in [-0.4, -0.2) is 54.8 Å². The molecular formula is C13H22N2O4S. The zero-order valence-electron chi connectivity index (χ0n) is 12.2. The van der Waals surface area contributed by atoms with Crippen LogP contribution in [0.5, 0.6) is 0 Å². The summed E-state index contributed by atoms with van der Waals surface area (Å²) in [5.74, 6) is -0.0381. The summed E-state index contributed by atoms with van der Waals surface area (Å²) in [6.07, 6.45) is 1.09. The number of piperazine rings is 1. The van der Waals surface area contributed by atoms with E-state index in [0.717, 1.165) is 0 Å². The first-order chi connectivity index (χ1) is 9.18. The van der Waals surface area contributed by atoms with E-state index in [-0.39, 0.29) is 29.2 Å². The standard InChI is InChI=1S/C13H22N2O4S/c1-4-13(3)12(17)15(9(2)11(16)14-13)7-10-5-6-20(18,19)8-10/h9-10H,4-8H2,1-3H3,(H,14,16). The van der Waals surface area contributed by atoms with Crippen LogP contribution in [0, 0.1) is 5.92 Å². The molecule has 0 bridgehead atoms. The number of hydrogen-bond donors (Lipinski definition) is 1. The lowest BCUT2D eigenvalue weighted by molar-refractivity contribution is -0.154. The zero-order chi connectivity index (χ0) is 15.1. The maximum absolute atomic E-state index is 12.5. The number of carbonyl (C=O) groups is 2. The predicted octanol–water partition coefficient (Wildman–Crippen LogP) is -0.0633. The van der Waals surface area contributed by atoms with Gasteiger partial charge in [0.15, 0.2) is 9.84 Å². The quantitative estimate of drug-likeness (QED) is 0.791. The molecule has 3 unspecified atom stereocenters. The first kappa shape index (κ1) is 15.3. The summed E-state index contributed by atoms with van der Waals surface area (Å²) in [6.45, 7) is 5.61. The monoisotopic (exact) mass is 302 g/mol. The molecule has 2 aliphatic rings. The summed E-state index contributed by atoms with van der Waals surface area (Å²) in [5.41, 5.74) is -0.874. The van der Waals surface area contributed by atoms with E-state index in [4.69, 9.17) is 0 Å². The smallest absolute Gasteiger partial charge is 0.248 e. The first-order valence-corrected chi connectivity index (χ1v) is 8.84. The second kappa shape index (κ2) is 5.02. The summed E-state index contributed by atoms with van der Waals surface area (Å²) in [6, 6.07) is -0.537. The molecule has 2 saturated heterocycles. The van der Waals surface area contributed by atoms with Crippen molar-refractivity contribution in [3.05, 3.63) is 0 Å². The molecule has 0 aliphatic carbocycles. The van der Waals surface area contributed by atoms with E-state index in [0.29, 0.717) is 19.4 Å². The van der Waals surface area contributed by atoms with Gasteiger partial charge in [-0.3, -0.25) is 9.59 Å². The van der Waals surface area contributed by atoms with Gasteiger partial charge in [0, 0.05) is 6.54 Å². The van der Waals surface area contributed by atoms with Gasteiger partial charge in [-0.25, -0.2) is 8.42 Å². The highest BCUT2D eigenvalue weighted by Crippen LogP contribution is 2.26. The molecule has 0 aromatic heterocycles. The maximum atomic E-state index is 12.5. The third-order valence-electron chi connectivity index (χ3n) is 4.47. The topological polar surface area (TPSA) is 83.6 Å². The Bertz CT molecular complexity index is 530. The Hall–Kier alpha value is -1.11. The SMILES string of the molecule is CCC1(C)NC(=O)C(C)N(CC2CCS(=O)(=O)C2)C1=O. The summed E-state index contributed by atoms with van der Waals surface area (Å²) in [4.78, 5) is 26.1. The number of carbonyl (C=O) groups excluding carboxylic acids is 2. The first-order valence-electron chi connectivity index (χ1n) is 7.02. The predicted molar refractivity (Wildman–Crippen MR) is 74.8 cm³/mol. The molecule has 1 N–H and O–H groups in total. The largest absolute Gasteiger partial charge is 0.340 e. The van der Waals surface area contributed by atoms with Gasteiger partial charge in [-0.05, 0) is 32.6 Å². The molecule has 6 nitrogen and oxygen atoms in total. The third-order valence-corrected chi connectivity index (χ3v) is 6.30. The fourth-order valence-corrected chi connectivity index (χ4v) is 4.69. The van der Waals surface area contributed by atoms with Crippen LogP contribution in [-0.2, 0) is 19.4 Å². The van der Waals surface area contributed by atoms with Crippen LogP contribution in [0.3, 0.4) is 0 Å². The van der Waals surface area contributed by atoms with Gasteiger partial charge < -0.3 is 10.2 Å². The number of amides is 2. The molecule has 20 heavy (non-hydrogen) atoms. The second-order valence-corrected chi connectivity index (χ2v) is 8.31. The normalized spacial score (nSPS) is 37.0. The molecule has 2 heterocycles. The molecule has 0 spiro atoms. The molecule has 7 heteroatoms. The molecule has 2 amide bonds. The Labute approximate surface area is 119 Å². The van der Waals surface area contributed by atoms with Gasteiger partial charge in [0.25, 0.3) is 0 Å². The van der Waals surface area contributed by atoms with Crippen molar-refractivity contribution in [2.24, 2.45) is 5.92 Å². The number of sulfone groups is 1. The molecule has 2 rings (SSSR count). The molecule has 114 valence electrons. The van der Waals surface area contributed by atoms with Crippen molar-refractivity contribution in [1.29, 1.82) is 0 Å². The maximum Gasteiger partial charge on any atom is 0.248 e. The Morgan fingerprint density at radius 1 is 1.40 bits per heavy atom. The van der Waals surface area contributed by atoms with Gasteiger partial charge in [0.1, 0.15) is 11.6 Å². The van der Waals surface area contributed by atoms with Crippen LogP contribution >= 0.6 is 0 Å². The molecule has 0 radical (unpaired) electrons. The summed E-state index contributed by atoms with van der Waals surface area (Å²) in [7, 11) is -2.97. The molecule has 0 saturated carbocycles. The highest BCUT2D eigenvalue weighted by molar-refractivity contribution is 7.91. The van der Waals surface area contributed by atoms with Crippen LogP contribution < -0.4 is 5.32 Å². The molecule has 2 fully saturated rings. The van der Waals surface area contributed by atoms with E-state index in [9.17, 15) is 18.0 Å². The highest BCUT2D eigenvalue weighted by atomic mass is 32.2. The summed E-state index contributed by atoms with van der Waals surface area (Å²) in [5, 5.41) is 2.76. The lowest BCUT2D eigenvalue weighted by Gasteiger charge is -2.43. The minimum atomic E-state index is -2.97. The average molecular weight is 302 g/mol. The Balaban J connectivity index is 2.16. The van der Waals surface area contributed by atoms with E-state index in [1.165, 1.54) is 0 Å². The van der Waals surface area contributed by atoms with E-state index >= 15 is 0 Å². The lowest BCUT2D eigenvalue weighted by atomic mass is 9.91. The van der Waals surface area contributed by atoms with Gasteiger partial charge in [-0.1, -0.05) is 6.92 Å². The van der Waals surface area contributed by atoms with E-state index in [1.807, 2.05) is 6.92 Å². The van der Waals surface area contributed by atoms with Crippen LogP contribution in [0.2, 0.25) is 0 Å². The van der Waals surface area contributed by atoms with Gasteiger partial charge in [-0.2, -0.15) is 0 Å². The number of hydrogen-bond acceptors (Lipinski definition) is 4. The van der Waals surface area contributed by atoms with Crippen LogP contribution in [0.25, 0.3) is 0 Å². The van der Waals surface area contributed by atoms with Crippen molar-refractivity contribution >= 4 is 21.7 Å². The van der Waals surface area contributed by atoms with Crippen LogP contribution in [0.4, 0.5) is 0 Å². The number of nitrogens with one attached hydrogen (secondary N) is 1. The van der Waals surface area contributed by atoms with Crippen LogP contribution in [0.15, 0.2) is 0 Å². The molecule has 0 aromatic carbocycles. The molecule has 3 atom stereocenters. The average Bonchev–Trinajstić information content (AvgIpc) is 2.72. The fraction of sp³-hybridized carbons (Fsp3) is 0.846. The Morgan fingerprint density at radius 3 is 2.55 bits per heavy atom. The van der Waals surface area contributed by atoms with Gasteiger partial charge in [0.2, 0.25) is 11.8 Å². The van der Waals surface area contributed by atoms with Crippen molar-refractivity contribution in [2.45, 2.75) is 45.2 Å². The fourth-order valence-electron chi connectivity index (χ4n) is 2.84. The highest BCUT2D eigenvalue weighted by Gasteiger charge is 2.46. The van der Waals surface area contributed by atoms with Crippen molar-refractivity contribution in [1.82, 2.24) is 10.2 Å². The minimum absolute atomic E-state index is 0.0570. The summed E-state index contributed by atoms with van der Waals surface area (Å²) < 4.78 is 23.0. The lowest BCUT2D eigenvalue weighted by Crippen LogP contribution is -2.68. The Kier molecular flexibility index (Phi) is 3.83. The van der Waals surface area contributed by atoms with Crippen LogP contribution in [0.1, 0.15) is 33.6 Å². The van der Waals surface area contributed by atoms with Crippen molar-refractivity contribution in [3.8, 4) is 0 Å². The zero-order valence-corrected chi connectivity index (χ0v) is 13.0. The molecule has 0 aromatic rings. The molecule has 2 aliphatic heterocycles. The third kappa shape index (κ3) is 2.68. The number of nitrogens with zero attached hydrogens (tertiary/aromatic N) is 1. The second-order valence-electron chi connectivity index (χ2n) is 6.08.